The Labute approximate surface area is 127 Å². The Kier molecular flexibility index (Phi) is 4.24. The first kappa shape index (κ1) is 14.1. The number of amides is 1. The molecule has 1 amide bonds. The molecule has 21 heavy (non-hydrogen) atoms. The van der Waals surface area contributed by atoms with Gasteiger partial charge in [-0.2, -0.15) is 0 Å². The van der Waals surface area contributed by atoms with Crippen molar-refractivity contribution < 1.29 is 4.79 Å². The van der Waals surface area contributed by atoms with Crippen molar-refractivity contribution in [3.05, 3.63) is 41.7 Å². The molecule has 5 nitrogen and oxygen atoms in total. The smallest absolute Gasteiger partial charge is 0.233 e. The number of carbonyl (C=O) groups is 1. The van der Waals surface area contributed by atoms with E-state index in [1.807, 2.05) is 37.3 Å². The van der Waals surface area contributed by atoms with E-state index in [0.29, 0.717) is 17.6 Å². The van der Waals surface area contributed by atoms with Gasteiger partial charge < -0.3 is 5.32 Å². The number of H-pyrrole nitrogens is 1. The lowest BCUT2D eigenvalue weighted by Gasteiger charge is -2.10. The van der Waals surface area contributed by atoms with E-state index in [-0.39, 0.29) is 11.2 Å². The van der Waals surface area contributed by atoms with E-state index in [0.717, 1.165) is 11.4 Å². The van der Waals surface area contributed by atoms with Crippen molar-refractivity contribution in [3.63, 3.8) is 0 Å². The highest BCUT2D eigenvalue weighted by Gasteiger charge is 2.27. The number of hydrogen-bond acceptors (Lipinski definition) is 4. The number of carbonyl (C=O) groups excluding carboxylic acids is 1. The zero-order valence-electron chi connectivity index (χ0n) is 11.9. The van der Waals surface area contributed by atoms with E-state index in [1.165, 1.54) is 24.6 Å². The predicted molar refractivity (Wildman–Crippen MR) is 82.0 cm³/mol. The monoisotopic (exact) mass is 302 g/mol. The molecule has 3 rings (SSSR count). The molecule has 0 spiro atoms. The van der Waals surface area contributed by atoms with Crippen molar-refractivity contribution in [2.24, 2.45) is 0 Å². The van der Waals surface area contributed by atoms with E-state index >= 15 is 0 Å². The van der Waals surface area contributed by atoms with Crippen LogP contribution in [0.25, 0.3) is 0 Å². The fourth-order valence-corrected chi connectivity index (χ4v) is 2.75. The van der Waals surface area contributed by atoms with Crippen LogP contribution in [0.1, 0.15) is 37.1 Å². The first-order chi connectivity index (χ1) is 10.2. The third-order valence-electron chi connectivity index (χ3n) is 3.41. The molecule has 1 aromatic carbocycles. The van der Waals surface area contributed by atoms with Crippen LogP contribution in [-0.2, 0) is 11.3 Å². The Hall–Kier alpha value is -1.82. The molecule has 1 saturated carbocycles. The Morgan fingerprint density at radius 3 is 2.90 bits per heavy atom. The van der Waals surface area contributed by atoms with Gasteiger partial charge in [0.2, 0.25) is 11.1 Å². The lowest BCUT2D eigenvalue weighted by Crippen LogP contribution is -2.30. The van der Waals surface area contributed by atoms with Crippen LogP contribution in [-0.4, -0.2) is 26.3 Å². The number of benzene rings is 1. The van der Waals surface area contributed by atoms with Crippen molar-refractivity contribution >= 4 is 17.7 Å². The second-order valence-electron chi connectivity index (χ2n) is 5.24. The van der Waals surface area contributed by atoms with Gasteiger partial charge in [-0.05, 0) is 25.3 Å². The SMILES string of the molecule is CC(Sc1n[nH]c(C2CC2)n1)C(=O)NCc1ccccc1. The van der Waals surface area contributed by atoms with Gasteiger partial charge in [-0.15, -0.1) is 5.10 Å². The summed E-state index contributed by atoms with van der Waals surface area (Å²) >= 11 is 1.39. The van der Waals surface area contributed by atoms with Gasteiger partial charge >= 0.3 is 0 Å². The van der Waals surface area contributed by atoms with Crippen LogP contribution in [0.15, 0.2) is 35.5 Å². The maximum Gasteiger partial charge on any atom is 0.233 e. The summed E-state index contributed by atoms with van der Waals surface area (Å²) in [6.07, 6.45) is 2.37. The third kappa shape index (κ3) is 3.85. The largest absolute Gasteiger partial charge is 0.351 e. The van der Waals surface area contributed by atoms with Crippen molar-refractivity contribution in [3.8, 4) is 0 Å². The highest BCUT2D eigenvalue weighted by molar-refractivity contribution is 8.00. The van der Waals surface area contributed by atoms with Gasteiger partial charge in [-0.3, -0.25) is 9.89 Å². The van der Waals surface area contributed by atoms with Gasteiger partial charge in [0.05, 0.1) is 5.25 Å². The molecule has 1 unspecified atom stereocenters. The molecule has 1 aromatic heterocycles. The Morgan fingerprint density at radius 1 is 1.43 bits per heavy atom. The normalized spacial score (nSPS) is 15.7. The summed E-state index contributed by atoms with van der Waals surface area (Å²) in [4.78, 5) is 16.5. The molecule has 0 radical (unpaired) electrons. The highest BCUT2D eigenvalue weighted by atomic mass is 32.2. The van der Waals surface area contributed by atoms with Crippen LogP contribution < -0.4 is 5.32 Å². The summed E-state index contributed by atoms with van der Waals surface area (Å²) in [5.74, 6) is 1.50. The highest BCUT2D eigenvalue weighted by Crippen LogP contribution is 2.38. The summed E-state index contributed by atoms with van der Waals surface area (Å²) in [5, 5.41) is 10.5. The van der Waals surface area contributed by atoms with Crippen molar-refractivity contribution in [2.75, 3.05) is 0 Å². The maximum atomic E-state index is 12.1. The third-order valence-corrected chi connectivity index (χ3v) is 4.37. The van der Waals surface area contributed by atoms with Crippen molar-refractivity contribution in [2.45, 2.75) is 42.6 Å². The van der Waals surface area contributed by atoms with E-state index in [9.17, 15) is 4.79 Å². The molecular weight excluding hydrogens is 284 g/mol. The molecule has 1 fully saturated rings. The molecule has 1 atom stereocenters. The minimum atomic E-state index is -0.212. The second-order valence-corrected chi connectivity index (χ2v) is 6.55. The lowest BCUT2D eigenvalue weighted by atomic mass is 10.2. The molecule has 1 heterocycles. The lowest BCUT2D eigenvalue weighted by molar-refractivity contribution is -0.120. The van der Waals surface area contributed by atoms with E-state index in [2.05, 4.69) is 20.5 Å². The minimum absolute atomic E-state index is 0.00150. The molecule has 2 N–H and O–H groups in total. The topological polar surface area (TPSA) is 70.7 Å². The van der Waals surface area contributed by atoms with Crippen LogP contribution in [0.4, 0.5) is 0 Å². The summed E-state index contributed by atoms with van der Waals surface area (Å²) < 4.78 is 0. The van der Waals surface area contributed by atoms with Gasteiger partial charge in [0.15, 0.2) is 0 Å². The average Bonchev–Trinajstić information content (AvgIpc) is 3.26. The summed E-state index contributed by atoms with van der Waals surface area (Å²) in [5.41, 5.74) is 1.09. The van der Waals surface area contributed by atoms with Gasteiger partial charge in [0.1, 0.15) is 5.82 Å². The zero-order valence-corrected chi connectivity index (χ0v) is 12.7. The van der Waals surface area contributed by atoms with Gasteiger partial charge in [0.25, 0.3) is 0 Å². The van der Waals surface area contributed by atoms with Crippen LogP contribution in [0.5, 0.6) is 0 Å². The van der Waals surface area contributed by atoms with Crippen LogP contribution >= 0.6 is 11.8 Å². The summed E-state index contributed by atoms with van der Waals surface area (Å²) in [7, 11) is 0. The molecule has 2 aromatic rings. The van der Waals surface area contributed by atoms with Gasteiger partial charge in [-0.25, -0.2) is 4.98 Å². The van der Waals surface area contributed by atoms with Crippen LogP contribution in [0, 0.1) is 0 Å². The van der Waals surface area contributed by atoms with Crippen molar-refractivity contribution in [1.29, 1.82) is 0 Å². The molecule has 0 aliphatic heterocycles. The number of hydrogen-bond donors (Lipinski definition) is 2. The number of aromatic nitrogens is 3. The standard InChI is InChI=1S/C15H18N4OS/c1-10(14(20)16-9-11-5-3-2-4-6-11)21-15-17-13(18-19-15)12-7-8-12/h2-6,10,12H,7-9H2,1H3,(H,16,20)(H,17,18,19). The zero-order chi connectivity index (χ0) is 14.7. The second kappa shape index (κ2) is 6.30. The molecule has 6 heteroatoms. The van der Waals surface area contributed by atoms with Gasteiger partial charge in [-0.1, -0.05) is 42.1 Å². The van der Waals surface area contributed by atoms with E-state index in [1.54, 1.807) is 0 Å². The first-order valence-corrected chi connectivity index (χ1v) is 8.01. The molecular formula is C15H18N4OS. The molecule has 1 aliphatic rings. The van der Waals surface area contributed by atoms with E-state index in [4.69, 9.17) is 0 Å². The van der Waals surface area contributed by atoms with Crippen LogP contribution in [0.2, 0.25) is 0 Å². The van der Waals surface area contributed by atoms with Gasteiger partial charge in [0, 0.05) is 12.5 Å². The minimum Gasteiger partial charge on any atom is -0.351 e. The number of nitrogens with zero attached hydrogens (tertiary/aromatic N) is 2. The summed E-state index contributed by atoms with van der Waals surface area (Å²) in [6.45, 7) is 2.42. The fourth-order valence-electron chi connectivity index (χ4n) is 1.99. The van der Waals surface area contributed by atoms with Crippen LogP contribution in [0.3, 0.4) is 0 Å². The fraction of sp³-hybridized carbons (Fsp3) is 0.400. The molecule has 0 bridgehead atoms. The number of rotatable bonds is 6. The Balaban J connectivity index is 1.49. The average molecular weight is 302 g/mol. The quantitative estimate of drug-likeness (QED) is 0.804. The van der Waals surface area contributed by atoms with Crippen molar-refractivity contribution in [1.82, 2.24) is 20.5 Å². The Morgan fingerprint density at radius 2 is 2.19 bits per heavy atom. The predicted octanol–water partition coefficient (Wildman–Crippen LogP) is 2.48. The maximum absolute atomic E-state index is 12.1. The number of nitrogens with one attached hydrogen (secondary N) is 2. The van der Waals surface area contributed by atoms with E-state index < -0.39 is 0 Å². The molecule has 1 aliphatic carbocycles. The first-order valence-electron chi connectivity index (χ1n) is 7.13. The number of thioether (sulfide) groups is 1. The molecule has 110 valence electrons. The number of aromatic amines is 1. The Bertz CT molecular complexity index is 609. The summed E-state index contributed by atoms with van der Waals surface area (Å²) in [6, 6.07) is 9.88. The molecule has 0 saturated heterocycles.